The molecule has 0 radical (unpaired) electrons. The fourth-order valence-electron chi connectivity index (χ4n) is 8.56. The lowest BCUT2D eigenvalue weighted by atomic mass is 9.98. The van der Waals surface area contributed by atoms with Crippen LogP contribution in [0.4, 0.5) is 34.1 Å². The molecule has 2 heterocycles. The molecule has 0 aliphatic heterocycles. The number of hydrogen-bond donors (Lipinski definition) is 0. The van der Waals surface area contributed by atoms with Gasteiger partial charge in [-0.1, -0.05) is 153 Å². The first kappa shape index (κ1) is 36.0. The maximum Gasteiger partial charge on any atom is 0.160 e. The van der Waals surface area contributed by atoms with E-state index in [1.807, 2.05) is 0 Å². The van der Waals surface area contributed by atoms with E-state index < -0.39 is 16.1 Å². The molecule has 0 unspecified atom stereocenters. The Bertz CT molecular complexity index is 3120. The summed E-state index contributed by atoms with van der Waals surface area (Å²) in [5.41, 5.74) is 9.64. The molecule has 6 heteroatoms. The maximum atomic E-state index is 7.16. The molecular weight excluding hydrogens is 741 g/mol. The summed E-state index contributed by atoms with van der Waals surface area (Å²) < 4.78 is 14.1. The topological polar surface area (TPSA) is 32.8 Å². The van der Waals surface area contributed by atoms with Crippen molar-refractivity contribution in [3.05, 3.63) is 170 Å². The first-order valence-corrected chi connectivity index (χ1v) is 27.2. The van der Waals surface area contributed by atoms with Gasteiger partial charge in [0, 0.05) is 61.8 Å². The van der Waals surface area contributed by atoms with E-state index in [0.29, 0.717) is 0 Å². The van der Waals surface area contributed by atoms with E-state index in [1.54, 1.807) is 0 Å². The van der Waals surface area contributed by atoms with E-state index in [0.717, 1.165) is 88.8 Å². The predicted octanol–water partition coefficient (Wildman–Crippen LogP) is 14.7. The molecule has 0 aliphatic rings. The minimum absolute atomic E-state index is 0.816. The Kier molecular flexibility index (Phi) is 8.48. The van der Waals surface area contributed by atoms with Crippen LogP contribution < -0.4 is 20.2 Å². The summed E-state index contributed by atoms with van der Waals surface area (Å²) in [4.78, 5) is 4.69. The Labute approximate surface area is 341 Å². The average molecular weight is 787 g/mol. The van der Waals surface area contributed by atoms with Crippen molar-refractivity contribution < 1.29 is 8.83 Å². The van der Waals surface area contributed by atoms with Crippen molar-refractivity contribution in [3.63, 3.8) is 0 Å². The van der Waals surface area contributed by atoms with Gasteiger partial charge in [-0.05, 0) is 60.0 Å². The number of nitrogens with zero attached hydrogens (tertiary/aromatic N) is 2. The molecule has 0 fully saturated rings. The SMILES string of the molecule is C[Si](C)(C)c1ccc(N(c2ccccc2)c2cc3oc4cc(N(c5ccccc5)c5ccc([Si](C)(C)C)cc5)c5oc6ccccc6c5c4c3c3ccccc23)cc1. The lowest BCUT2D eigenvalue weighted by Crippen LogP contribution is -2.37. The number of anilines is 6. The van der Waals surface area contributed by atoms with Gasteiger partial charge in [-0.3, -0.25) is 0 Å². The van der Waals surface area contributed by atoms with Gasteiger partial charge < -0.3 is 18.6 Å². The zero-order valence-electron chi connectivity index (χ0n) is 33.9. The summed E-state index contributed by atoms with van der Waals surface area (Å²) in [5, 5.41) is 9.41. The molecule has 284 valence electrons. The van der Waals surface area contributed by atoms with Gasteiger partial charge in [0.05, 0.1) is 27.5 Å². The van der Waals surface area contributed by atoms with Crippen LogP contribution in [0.25, 0.3) is 54.6 Å². The fraction of sp³-hybridized carbons (Fsp3) is 0.115. The largest absolute Gasteiger partial charge is 0.456 e. The highest BCUT2D eigenvalue weighted by Crippen LogP contribution is 2.51. The summed E-state index contributed by atoms with van der Waals surface area (Å²) >= 11 is 0. The monoisotopic (exact) mass is 786 g/mol. The van der Waals surface area contributed by atoms with Crippen LogP contribution in [-0.2, 0) is 0 Å². The van der Waals surface area contributed by atoms with E-state index >= 15 is 0 Å². The van der Waals surface area contributed by atoms with E-state index in [-0.39, 0.29) is 0 Å². The Balaban J connectivity index is 1.28. The molecule has 10 rings (SSSR count). The molecule has 8 aromatic carbocycles. The van der Waals surface area contributed by atoms with Crippen LogP contribution in [0.2, 0.25) is 39.3 Å². The highest BCUT2D eigenvalue weighted by Gasteiger charge is 2.28. The van der Waals surface area contributed by atoms with Gasteiger partial charge in [-0.2, -0.15) is 0 Å². The molecule has 0 aliphatic carbocycles. The number of benzene rings is 8. The molecule has 4 nitrogen and oxygen atoms in total. The van der Waals surface area contributed by atoms with E-state index in [9.17, 15) is 0 Å². The average Bonchev–Trinajstić information content (AvgIpc) is 3.80. The summed E-state index contributed by atoms with van der Waals surface area (Å²) in [7, 11) is -3.01. The fourth-order valence-corrected chi connectivity index (χ4v) is 10.9. The minimum Gasteiger partial charge on any atom is -0.456 e. The highest BCUT2D eigenvalue weighted by molar-refractivity contribution is 6.89. The lowest BCUT2D eigenvalue weighted by Gasteiger charge is -2.28. The Morgan fingerprint density at radius 2 is 0.776 bits per heavy atom. The third kappa shape index (κ3) is 6.03. The first-order valence-electron chi connectivity index (χ1n) is 20.2. The van der Waals surface area contributed by atoms with Crippen molar-refractivity contribution in [1.82, 2.24) is 0 Å². The highest BCUT2D eigenvalue weighted by atomic mass is 28.3. The van der Waals surface area contributed by atoms with Crippen molar-refractivity contribution in [2.75, 3.05) is 9.80 Å². The number of rotatable bonds is 8. The van der Waals surface area contributed by atoms with Crippen LogP contribution in [0.5, 0.6) is 0 Å². The van der Waals surface area contributed by atoms with Gasteiger partial charge in [0.25, 0.3) is 0 Å². The van der Waals surface area contributed by atoms with Crippen LogP contribution in [0.1, 0.15) is 0 Å². The molecule has 0 bridgehead atoms. The molecule has 0 saturated heterocycles. The molecule has 10 aromatic rings. The van der Waals surface area contributed by atoms with Crippen LogP contribution in [0.3, 0.4) is 0 Å². The second kappa shape index (κ2) is 13.6. The van der Waals surface area contributed by atoms with Gasteiger partial charge in [-0.15, -0.1) is 0 Å². The van der Waals surface area contributed by atoms with Crippen molar-refractivity contribution in [2.45, 2.75) is 39.3 Å². The predicted molar refractivity (Wildman–Crippen MR) is 254 cm³/mol. The summed E-state index contributed by atoms with van der Waals surface area (Å²) in [6.45, 7) is 14.4. The van der Waals surface area contributed by atoms with Crippen LogP contribution >= 0.6 is 0 Å². The summed E-state index contributed by atoms with van der Waals surface area (Å²) in [6.07, 6.45) is 0. The van der Waals surface area contributed by atoms with Crippen LogP contribution in [0, 0.1) is 0 Å². The third-order valence-electron chi connectivity index (χ3n) is 11.5. The smallest absolute Gasteiger partial charge is 0.160 e. The Morgan fingerprint density at radius 3 is 1.33 bits per heavy atom. The first-order chi connectivity index (χ1) is 28.0. The van der Waals surface area contributed by atoms with Gasteiger partial charge in [0.15, 0.2) is 5.58 Å². The van der Waals surface area contributed by atoms with Crippen LogP contribution in [0.15, 0.2) is 179 Å². The molecule has 0 N–H and O–H groups in total. The van der Waals surface area contributed by atoms with Gasteiger partial charge >= 0.3 is 0 Å². The quantitative estimate of drug-likeness (QED) is 0.144. The zero-order chi connectivity index (χ0) is 39.8. The second-order valence-electron chi connectivity index (χ2n) is 17.4. The summed E-state index contributed by atoms with van der Waals surface area (Å²) in [6, 6.07) is 61.2. The van der Waals surface area contributed by atoms with Gasteiger partial charge in [-0.25, -0.2) is 0 Å². The molecule has 0 amide bonds. The van der Waals surface area contributed by atoms with E-state index in [2.05, 4.69) is 219 Å². The Hall–Kier alpha value is -6.35. The second-order valence-corrected chi connectivity index (χ2v) is 27.6. The summed E-state index contributed by atoms with van der Waals surface area (Å²) in [5.74, 6) is 0. The van der Waals surface area contributed by atoms with Crippen molar-refractivity contribution in [1.29, 1.82) is 0 Å². The molecule has 2 aromatic heterocycles. The molecule has 0 saturated carbocycles. The maximum absolute atomic E-state index is 7.16. The Morgan fingerprint density at radius 1 is 0.345 bits per heavy atom. The van der Waals surface area contributed by atoms with Crippen molar-refractivity contribution >= 4 is 115 Å². The zero-order valence-corrected chi connectivity index (χ0v) is 35.9. The molecule has 0 atom stereocenters. The normalized spacial score (nSPS) is 12.3. The number of fused-ring (bicyclic) bond motifs is 9. The van der Waals surface area contributed by atoms with E-state index in [1.165, 1.54) is 10.4 Å². The van der Waals surface area contributed by atoms with Crippen LogP contribution in [-0.4, -0.2) is 16.1 Å². The molecular formula is C52H46N2O2Si2. The van der Waals surface area contributed by atoms with E-state index in [4.69, 9.17) is 8.83 Å². The van der Waals surface area contributed by atoms with Gasteiger partial charge in [0.1, 0.15) is 16.7 Å². The third-order valence-corrected chi connectivity index (χ3v) is 15.7. The molecule has 0 spiro atoms. The molecule has 58 heavy (non-hydrogen) atoms. The van der Waals surface area contributed by atoms with Crippen molar-refractivity contribution in [3.8, 4) is 0 Å². The minimum atomic E-state index is -1.51. The number of furan rings is 2. The standard InChI is InChI=1S/C52H46N2O2Si2/c1-57(2,3)39-29-25-37(26-30-39)53(35-17-9-7-10-18-35)44-33-47-49(42-22-14-13-21-41(42)44)51-48(55-47)34-45(52-50(51)43-23-15-16-24-46(43)56-52)54(36-19-11-8-12-20-36)38-27-31-40(32-28-38)58(4,5)6/h7-34H,1-6H3. The lowest BCUT2D eigenvalue weighted by molar-refractivity contribution is 0.663. The van der Waals surface area contributed by atoms with Crippen molar-refractivity contribution in [2.24, 2.45) is 0 Å². The van der Waals surface area contributed by atoms with Gasteiger partial charge in [0.2, 0.25) is 0 Å². The number of hydrogen-bond acceptors (Lipinski definition) is 4. The number of para-hydroxylation sites is 3.